The summed E-state index contributed by atoms with van der Waals surface area (Å²) in [6, 6.07) is 9.56. The van der Waals surface area contributed by atoms with Gasteiger partial charge in [0, 0.05) is 31.4 Å². The van der Waals surface area contributed by atoms with Crippen molar-refractivity contribution in [3.63, 3.8) is 0 Å². The highest BCUT2D eigenvalue weighted by Gasteiger charge is 2.21. The van der Waals surface area contributed by atoms with Crippen LogP contribution in [0.2, 0.25) is 0 Å². The van der Waals surface area contributed by atoms with Crippen molar-refractivity contribution in [2.75, 3.05) is 55.3 Å². The molecule has 0 saturated carbocycles. The summed E-state index contributed by atoms with van der Waals surface area (Å²) in [6.45, 7) is 4.78. The summed E-state index contributed by atoms with van der Waals surface area (Å²) in [7, 11) is 2.11. The van der Waals surface area contributed by atoms with Crippen molar-refractivity contribution in [1.82, 2.24) is 19.8 Å². The van der Waals surface area contributed by atoms with Crippen molar-refractivity contribution in [2.45, 2.75) is 18.9 Å². The van der Waals surface area contributed by atoms with E-state index in [9.17, 15) is 4.79 Å². The van der Waals surface area contributed by atoms with Gasteiger partial charge in [0.25, 0.3) is 5.91 Å². The molecule has 0 radical (unpaired) electrons. The molecular formula is C25H30BN7O3. The zero-order valence-corrected chi connectivity index (χ0v) is 20.4. The molecule has 2 aliphatic rings. The number of rotatable bonds is 6. The van der Waals surface area contributed by atoms with E-state index in [1.165, 1.54) is 0 Å². The summed E-state index contributed by atoms with van der Waals surface area (Å²) in [4.78, 5) is 30.5. The van der Waals surface area contributed by atoms with Crippen LogP contribution in [0.5, 0.6) is 5.75 Å². The lowest BCUT2D eigenvalue weighted by Gasteiger charge is -2.30. The largest absolute Gasteiger partial charge is 0.489 e. The SMILES string of the molecule is BN1CCC[C@H](Oc2ccc(-c3cnc(N)c(C(=O)Nc4cnccc4N4CCOCC4)n3)cc2)C1. The van der Waals surface area contributed by atoms with Crippen LogP contribution in [0.25, 0.3) is 11.3 Å². The van der Waals surface area contributed by atoms with Crippen LogP contribution in [-0.4, -0.2) is 79.1 Å². The Morgan fingerprint density at radius 1 is 1.14 bits per heavy atom. The summed E-state index contributed by atoms with van der Waals surface area (Å²) in [5.74, 6) is 0.438. The molecule has 1 amide bonds. The average molecular weight is 487 g/mol. The second-order valence-electron chi connectivity index (χ2n) is 9.10. The van der Waals surface area contributed by atoms with Gasteiger partial charge in [-0.3, -0.25) is 9.78 Å². The maximum absolute atomic E-state index is 13.2. The Bertz CT molecular complexity index is 1200. The number of aromatic nitrogens is 3. The highest BCUT2D eigenvalue weighted by Crippen LogP contribution is 2.27. The summed E-state index contributed by atoms with van der Waals surface area (Å²) in [6.07, 6.45) is 7.28. The second kappa shape index (κ2) is 10.9. The predicted octanol–water partition coefficient (Wildman–Crippen LogP) is 1.60. The molecule has 3 aromatic rings. The van der Waals surface area contributed by atoms with E-state index in [0.717, 1.165) is 56.0 Å². The number of benzene rings is 1. The number of nitrogen functional groups attached to an aromatic ring is 1. The third-order valence-corrected chi connectivity index (χ3v) is 6.45. The Morgan fingerprint density at radius 2 is 1.94 bits per heavy atom. The summed E-state index contributed by atoms with van der Waals surface area (Å²) >= 11 is 0. The van der Waals surface area contributed by atoms with Gasteiger partial charge in [0.15, 0.2) is 19.5 Å². The number of nitrogens with one attached hydrogen (secondary N) is 1. The van der Waals surface area contributed by atoms with E-state index in [1.54, 1.807) is 18.6 Å². The smallest absolute Gasteiger partial charge is 0.278 e. The number of nitrogens with zero attached hydrogens (tertiary/aromatic N) is 5. The molecule has 2 fully saturated rings. The lowest BCUT2D eigenvalue weighted by molar-refractivity contribution is 0.102. The van der Waals surface area contributed by atoms with Crippen molar-refractivity contribution in [1.29, 1.82) is 0 Å². The number of carbonyl (C=O) groups is 1. The van der Waals surface area contributed by atoms with Crippen molar-refractivity contribution in [2.24, 2.45) is 0 Å². The van der Waals surface area contributed by atoms with Crippen LogP contribution in [0.4, 0.5) is 17.2 Å². The van der Waals surface area contributed by atoms with Gasteiger partial charge >= 0.3 is 0 Å². The van der Waals surface area contributed by atoms with E-state index >= 15 is 0 Å². The van der Waals surface area contributed by atoms with Crippen molar-refractivity contribution in [3.05, 3.63) is 54.6 Å². The molecule has 0 bridgehead atoms. The Hall–Kier alpha value is -3.70. The number of pyridine rings is 1. The van der Waals surface area contributed by atoms with Crippen LogP contribution >= 0.6 is 0 Å². The van der Waals surface area contributed by atoms with Gasteiger partial charge in [-0.05, 0) is 49.7 Å². The normalized spacial score (nSPS) is 18.6. The van der Waals surface area contributed by atoms with Crippen LogP contribution in [0.15, 0.2) is 48.9 Å². The lowest BCUT2D eigenvalue weighted by Crippen LogP contribution is -2.39. The molecule has 2 aliphatic heterocycles. The van der Waals surface area contributed by atoms with Crippen LogP contribution < -0.4 is 20.7 Å². The molecule has 0 unspecified atom stereocenters. The first-order chi connectivity index (χ1) is 17.6. The van der Waals surface area contributed by atoms with Crippen molar-refractivity contribution < 1.29 is 14.3 Å². The number of ether oxygens (including phenoxy) is 2. The highest BCUT2D eigenvalue weighted by molar-refractivity contribution is 6.07. The number of nitrogens with two attached hydrogens (primary N) is 1. The maximum Gasteiger partial charge on any atom is 0.278 e. The lowest BCUT2D eigenvalue weighted by atomic mass is 10.1. The number of hydrogen-bond acceptors (Lipinski definition) is 9. The number of carbonyl (C=O) groups excluding carboxylic acids is 1. The molecule has 0 aliphatic carbocycles. The van der Waals surface area contributed by atoms with Crippen molar-refractivity contribution >= 4 is 31.1 Å². The van der Waals surface area contributed by atoms with E-state index in [0.29, 0.717) is 24.6 Å². The standard InChI is InChI=1S/C25H30BN7O3/c26-33-9-1-2-19(16-33)36-18-5-3-17(4-6-18)20-15-29-24(27)23(30-20)25(34)31-21-14-28-8-7-22(21)32-10-12-35-13-11-32/h3-8,14-15,19H,1-2,9-13,16,26H2,(H2,27,29)(H,31,34)/t19-/m0/s1. The Labute approximate surface area is 211 Å². The first-order valence-electron chi connectivity index (χ1n) is 12.2. The highest BCUT2D eigenvalue weighted by atomic mass is 16.5. The Kier molecular flexibility index (Phi) is 7.29. The van der Waals surface area contributed by atoms with E-state index in [4.69, 9.17) is 15.2 Å². The molecule has 5 rings (SSSR count). The van der Waals surface area contributed by atoms with Crippen LogP contribution in [0.1, 0.15) is 23.3 Å². The van der Waals surface area contributed by atoms with E-state index in [2.05, 4.69) is 38.0 Å². The average Bonchev–Trinajstić information content (AvgIpc) is 2.90. The molecule has 11 heteroatoms. The quantitative estimate of drug-likeness (QED) is 0.500. The molecule has 2 saturated heterocycles. The maximum atomic E-state index is 13.2. The van der Waals surface area contributed by atoms with Gasteiger partial charge in [-0.25, -0.2) is 9.97 Å². The predicted molar refractivity (Wildman–Crippen MR) is 141 cm³/mol. The first kappa shape index (κ1) is 24.0. The van der Waals surface area contributed by atoms with Gasteiger partial charge in [-0.1, -0.05) is 0 Å². The fourth-order valence-electron chi connectivity index (χ4n) is 4.56. The molecule has 1 aromatic carbocycles. The molecule has 0 spiro atoms. The molecule has 4 heterocycles. The monoisotopic (exact) mass is 487 g/mol. The topological polar surface area (TPSA) is 119 Å². The Balaban J connectivity index is 1.31. The van der Waals surface area contributed by atoms with Gasteiger partial charge < -0.3 is 30.2 Å². The van der Waals surface area contributed by atoms with Crippen molar-refractivity contribution in [3.8, 4) is 17.0 Å². The minimum atomic E-state index is -0.439. The number of morpholine rings is 1. The minimum Gasteiger partial charge on any atom is -0.489 e. The molecule has 3 N–H and O–H groups in total. The summed E-state index contributed by atoms with van der Waals surface area (Å²) < 4.78 is 11.6. The van der Waals surface area contributed by atoms with Crippen LogP contribution in [0.3, 0.4) is 0 Å². The number of amides is 1. The van der Waals surface area contributed by atoms with Gasteiger partial charge in [0.05, 0.1) is 42.7 Å². The second-order valence-corrected chi connectivity index (χ2v) is 9.10. The molecule has 36 heavy (non-hydrogen) atoms. The van der Waals surface area contributed by atoms with E-state index < -0.39 is 5.91 Å². The Morgan fingerprint density at radius 3 is 2.72 bits per heavy atom. The summed E-state index contributed by atoms with van der Waals surface area (Å²) in [5, 5.41) is 2.91. The van der Waals surface area contributed by atoms with E-state index in [-0.39, 0.29) is 17.6 Å². The minimum absolute atomic E-state index is 0.0643. The third kappa shape index (κ3) is 5.58. The molecule has 186 valence electrons. The molecule has 10 nitrogen and oxygen atoms in total. The van der Waals surface area contributed by atoms with Gasteiger partial charge in [0.1, 0.15) is 11.9 Å². The molecular weight excluding hydrogens is 457 g/mol. The molecule has 2 aromatic heterocycles. The zero-order chi connectivity index (χ0) is 24.9. The number of hydrogen-bond donors (Lipinski definition) is 2. The molecule has 1 atom stereocenters. The summed E-state index contributed by atoms with van der Waals surface area (Å²) in [5.41, 5.74) is 8.95. The number of piperidine rings is 1. The van der Waals surface area contributed by atoms with Gasteiger partial charge in [-0.15, -0.1) is 0 Å². The fraction of sp³-hybridized carbons (Fsp3) is 0.360. The fourth-order valence-corrected chi connectivity index (χ4v) is 4.56. The van der Waals surface area contributed by atoms with Gasteiger partial charge in [0.2, 0.25) is 0 Å². The first-order valence-corrected chi connectivity index (χ1v) is 12.2. The van der Waals surface area contributed by atoms with Crippen LogP contribution in [-0.2, 0) is 4.74 Å². The van der Waals surface area contributed by atoms with E-state index in [1.807, 2.05) is 30.3 Å². The van der Waals surface area contributed by atoms with Crippen LogP contribution in [0, 0.1) is 0 Å². The third-order valence-electron chi connectivity index (χ3n) is 6.45. The van der Waals surface area contributed by atoms with Gasteiger partial charge in [-0.2, -0.15) is 0 Å². The zero-order valence-electron chi connectivity index (χ0n) is 20.4. The number of anilines is 3.